The van der Waals surface area contributed by atoms with E-state index in [9.17, 15) is 9.18 Å². The lowest BCUT2D eigenvalue weighted by Gasteiger charge is -2.22. The topological polar surface area (TPSA) is 65.4 Å². The molecule has 150 valence electrons. The average Bonchev–Trinajstić information content (AvgIpc) is 2.77. The number of nitrogens with zero attached hydrogens (tertiary/aromatic N) is 2. The van der Waals surface area contributed by atoms with E-state index in [1.807, 2.05) is 30.3 Å². The minimum absolute atomic E-state index is 0.112. The van der Waals surface area contributed by atoms with Crippen molar-refractivity contribution in [1.29, 1.82) is 0 Å². The van der Waals surface area contributed by atoms with Gasteiger partial charge in [0.2, 0.25) is 5.82 Å². The normalized spacial score (nSPS) is 16.4. The van der Waals surface area contributed by atoms with Crippen molar-refractivity contribution >= 4 is 5.69 Å². The van der Waals surface area contributed by atoms with Crippen molar-refractivity contribution in [3.63, 3.8) is 0 Å². The van der Waals surface area contributed by atoms with Crippen LogP contribution < -0.4 is 15.6 Å². The van der Waals surface area contributed by atoms with Crippen molar-refractivity contribution in [1.82, 2.24) is 9.78 Å². The highest BCUT2D eigenvalue weighted by atomic mass is 19.1. The molecule has 3 aromatic rings. The molecule has 2 aromatic carbocycles. The number of para-hydroxylation sites is 1. The molecule has 1 atom stereocenters. The predicted octanol–water partition coefficient (Wildman–Crippen LogP) is 4.00. The van der Waals surface area contributed by atoms with Gasteiger partial charge in [-0.3, -0.25) is 4.79 Å². The molecule has 1 unspecified atom stereocenters. The second kappa shape index (κ2) is 8.87. The van der Waals surface area contributed by atoms with Crippen LogP contribution in [0.3, 0.4) is 0 Å². The van der Waals surface area contributed by atoms with Crippen LogP contribution in [0.4, 0.5) is 10.1 Å². The van der Waals surface area contributed by atoms with E-state index >= 15 is 0 Å². The largest absolute Gasteiger partial charge is 0.457 e. The van der Waals surface area contributed by atoms with E-state index in [1.54, 1.807) is 24.3 Å². The van der Waals surface area contributed by atoms with E-state index in [0.717, 1.165) is 24.1 Å². The van der Waals surface area contributed by atoms with Crippen molar-refractivity contribution in [2.45, 2.75) is 12.8 Å². The first-order valence-electron chi connectivity index (χ1n) is 9.63. The molecule has 1 saturated heterocycles. The van der Waals surface area contributed by atoms with Crippen LogP contribution in [0.5, 0.6) is 11.5 Å². The van der Waals surface area contributed by atoms with E-state index in [2.05, 4.69) is 10.4 Å². The number of aromatic nitrogens is 2. The minimum Gasteiger partial charge on any atom is -0.457 e. The van der Waals surface area contributed by atoms with Crippen LogP contribution in [0, 0.1) is 11.7 Å². The van der Waals surface area contributed by atoms with Crippen LogP contribution in [-0.4, -0.2) is 29.5 Å². The Bertz CT molecular complexity index is 1000. The summed E-state index contributed by atoms with van der Waals surface area (Å²) in [5, 5.41) is 7.10. The maximum absolute atomic E-state index is 14.6. The third kappa shape index (κ3) is 4.63. The summed E-state index contributed by atoms with van der Waals surface area (Å²) in [6, 6.07) is 16.1. The first kappa shape index (κ1) is 19.1. The fourth-order valence-electron chi connectivity index (χ4n) is 3.24. The van der Waals surface area contributed by atoms with Crippen LogP contribution >= 0.6 is 0 Å². The molecule has 29 heavy (non-hydrogen) atoms. The molecule has 0 radical (unpaired) electrons. The lowest BCUT2D eigenvalue weighted by Crippen LogP contribution is -2.28. The highest BCUT2D eigenvalue weighted by Crippen LogP contribution is 2.22. The van der Waals surface area contributed by atoms with Crippen molar-refractivity contribution < 1.29 is 13.9 Å². The molecule has 0 spiro atoms. The number of hydrogen-bond acceptors (Lipinski definition) is 5. The van der Waals surface area contributed by atoms with Gasteiger partial charge >= 0.3 is 5.56 Å². The summed E-state index contributed by atoms with van der Waals surface area (Å²) in [5.74, 6) is 0.783. The molecule has 1 fully saturated rings. The molecule has 1 N–H and O–H groups in total. The number of ether oxygens (including phenoxy) is 2. The van der Waals surface area contributed by atoms with Crippen molar-refractivity contribution in [2.75, 3.05) is 25.1 Å². The first-order valence-corrected chi connectivity index (χ1v) is 9.63. The van der Waals surface area contributed by atoms with Crippen LogP contribution in [0.25, 0.3) is 5.69 Å². The zero-order valence-electron chi connectivity index (χ0n) is 15.9. The molecule has 0 bridgehead atoms. The molecule has 1 aliphatic rings. The van der Waals surface area contributed by atoms with Gasteiger partial charge in [-0.05, 0) is 55.2 Å². The summed E-state index contributed by atoms with van der Waals surface area (Å²) in [6.45, 7) is 1.97. The lowest BCUT2D eigenvalue weighted by molar-refractivity contribution is 0.0595. The van der Waals surface area contributed by atoms with Crippen molar-refractivity contribution in [2.24, 2.45) is 5.92 Å². The summed E-state index contributed by atoms with van der Waals surface area (Å²) < 4.78 is 26.8. The number of nitrogens with one attached hydrogen (secondary N) is 1. The third-order valence-electron chi connectivity index (χ3n) is 4.81. The van der Waals surface area contributed by atoms with E-state index in [1.165, 1.54) is 6.20 Å². The molecule has 4 rings (SSSR count). The van der Waals surface area contributed by atoms with Gasteiger partial charge in [-0.2, -0.15) is 14.2 Å². The van der Waals surface area contributed by atoms with Crippen LogP contribution in [0.2, 0.25) is 0 Å². The van der Waals surface area contributed by atoms with Crippen LogP contribution in [0.15, 0.2) is 65.6 Å². The Balaban J connectivity index is 1.46. The van der Waals surface area contributed by atoms with E-state index < -0.39 is 11.4 Å². The monoisotopic (exact) mass is 395 g/mol. The second-order valence-electron chi connectivity index (χ2n) is 6.96. The zero-order valence-corrected chi connectivity index (χ0v) is 15.9. The summed E-state index contributed by atoms with van der Waals surface area (Å²) in [4.78, 5) is 12.4. The van der Waals surface area contributed by atoms with Gasteiger partial charge in [-0.15, -0.1) is 0 Å². The molecule has 7 heteroatoms. The van der Waals surface area contributed by atoms with Gasteiger partial charge in [-0.1, -0.05) is 18.2 Å². The summed E-state index contributed by atoms with van der Waals surface area (Å²) in [7, 11) is 0. The number of rotatable bonds is 6. The van der Waals surface area contributed by atoms with E-state index in [0.29, 0.717) is 36.3 Å². The fraction of sp³-hybridized carbons (Fsp3) is 0.273. The Labute approximate surface area is 167 Å². The molecule has 2 heterocycles. The Hall–Kier alpha value is -3.19. The van der Waals surface area contributed by atoms with Crippen LogP contribution in [-0.2, 0) is 4.74 Å². The summed E-state index contributed by atoms with van der Waals surface area (Å²) in [5.41, 5.74) is -0.228. The molecule has 0 saturated carbocycles. The number of hydrogen-bond donors (Lipinski definition) is 1. The highest BCUT2D eigenvalue weighted by Gasteiger charge is 2.16. The Morgan fingerprint density at radius 2 is 1.90 bits per heavy atom. The molecular formula is C22H22FN3O3. The second-order valence-corrected chi connectivity index (χ2v) is 6.96. The number of halogens is 1. The maximum atomic E-state index is 14.6. The number of anilines is 1. The molecule has 0 amide bonds. The summed E-state index contributed by atoms with van der Waals surface area (Å²) >= 11 is 0. The van der Waals surface area contributed by atoms with Gasteiger partial charge in [0.1, 0.15) is 11.5 Å². The zero-order chi connectivity index (χ0) is 20.1. The molecule has 6 nitrogen and oxygen atoms in total. The molecule has 1 aromatic heterocycles. The Kier molecular flexibility index (Phi) is 5.86. The van der Waals surface area contributed by atoms with Gasteiger partial charge in [0.05, 0.1) is 24.2 Å². The van der Waals surface area contributed by atoms with Gasteiger partial charge in [0.25, 0.3) is 0 Å². The van der Waals surface area contributed by atoms with E-state index in [-0.39, 0.29) is 5.69 Å². The average molecular weight is 395 g/mol. The maximum Gasteiger partial charge on any atom is 0.309 e. The van der Waals surface area contributed by atoms with Crippen molar-refractivity contribution in [3.05, 3.63) is 77.0 Å². The van der Waals surface area contributed by atoms with Crippen LogP contribution in [0.1, 0.15) is 12.8 Å². The highest BCUT2D eigenvalue weighted by molar-refractivity contribution is 5.44. The summed E-state index contributed by atoms with van der Waals surface area (Å²) in [6.07, 6.45) is 3.37. The Morgan fingerprint density at radius 3 is 2.62 bits per heavy atom. The predicted molar refractivity (Wildman–Crippen MR) is 108 cm³/mol. The SMILES string of the molecule is O=c1c(F)c(NCC2CCCOC2)cnn1-c1ccc(Oc2ccccc2)cc1. The van der Waals surface area contributed by atoms with Gasteiger partial charge in [-0.25, -0.2) is 0 Å². The standard InChI is InChI=1S/C22H22FN3O3/c23-21-20(24-13-16-5-4-12-28-15-16)14-25-26(22(21)27)17-8-10-19(11-9-17)29-18-6-2-1-3-7-18/h1-3,6-11,14,16,24H,4-5,12-13,15H2. The lowest BCUT2D eigenvalue weighted by atomic mass is 10.0. The van der Waals surface area contributed by atoms with Gasteiger partial charge in [0.15, 0.2) is 0 Å². The molecule has 1 aliphatic heterocycles. The Morgan fingerprint density at radius 1 is 1.14 bits per heavy atom. The fourth-order valence-corrected chi connectivity index (χ4v) is 3.24. The third-order valence-corrected chi connectivity index (χ3v) is 4.81. The molecule has 0 aliphatic carbocycles. The van der Waals surface area contributed by atoms with Gasteiger partial charge < -0.3 is 14.8 Å². The van der Waals surface area contributed by atoms with E-state index in [4.69, 9.17) is 9.47 Å². The van der Waals surface area contributed by atoms with Gasteiger partial charge in [0, 0.05) is 13.2 Å². The quantitative estimate of drug-likeness (QED) is 0.683. The smallest absolute Gasteiger partial charge is 0.309 e. The first-order chi connectivity index (χ1) is 14.2. The minimum atomic E-state index is -0.846. The number of benzene rings is 2. The van der Waals surface area contributed by atoms with Crippen molar-refractivity contribution in [3.8, 4) is 17.2 Å². The molecular weight excluding hydrogens is 373 g/mol.